The molecule has 3 aromatic carbocycles. The van der Waals surface area contributed by atoms with Gasteiger partial charge in [0, 0.05) is 40.0 Å². The Bertz CT molecular complexity index is 2310. The molecule has 198 valence electrons. The zero-order chi connectivity index (χ0) is 28.7. The van der Waals surface area contributed by atoms with E-state index in [4.69, 9.17) is 14.7 Å². The van der Waals surface area contributed by atoms with Gasteiger partial charge in [-0.2, -0.15) is 10.5 Å². The molecule has 5 heterocycles. The van der Waals surface area contributed by atoms with E-state index in [-0.39, 0.29) is 0 Å². The van der Waals surface area contributed by atoms with Gasteiger partial charge in [-0.1, -0.05) is 30.3 Å². The van der Waals surface area contributed by atoms with Crippen molar-refractivity contribution in [2.45, 2.75) is 5.41 Å². The molecule has 2 aliphatic rings. The molecule has 4 aromatic heterocycles. The third-order valence-corrected chi connectivity index (χ3v) is 8.68. The molecule has 7 aromatic rings. The van der Waals surface area contributed by atoms with Crippen LogP contribution in [-0.2, 0) is 5.41 Å². The number of fused-ring (bicyclic) bond motifs is 12. The smallest absolute Gasteiger partial charge is 0.141 e. The first-order valence-electron chi connectivity index (χ1n) is 13.8. The molecular formula is C36H18N6O. The number of nitriles is 2. The second-order valence-corrected chi connectivity index (χ2v) is 10.7. The Morgan fingerprint density at radius 2 is 1.35 bits per heavy atom. The van der Waals surface area contributed by atoms with Crippen molar-refractivity contribution in [1.82, 2.24) is 19.5 Å². The molecule has 1 spiro atoms. The van der Waals surface area contributed by atoms with E-state index in [9.17, 15) is 10.5 Å². The molecule has 0 fully saturated rings. The number of nitrogens with zero attached hydrogens (tertiary/aromatic N) is 6. The Morgan fingerprint density at radius 1 is 0.628 bits per heavy atom. The summed E-state index contributed by atoms with van der Waals surface area (Å²) in [6, 6.07) is 34.5. The first kappa shape index (κ1) is 23.4. The second kappa shape index (κ2) is 8.36. The van der Waals surface area contributed by atoms with Gasteiger partial charge < -0.3 is 9.30 Å². The van der Waals surface area contributed by atoms with E-state index < -0.39 is 5.41 Å². The van der Waals surface area contributed by atoms with Crippen molar-refractivity contribution in [2.24, 2.45) is 0 Å². The Balaban J connectivity index is 1.40. The Hall–Kier alpha value is -6.31. The number of benzene rings is 3. The number of ether oxygens (including phenoxy) is 1. The van der Waals surface area contributed by atoms with E-state index in [0.29, 0.717) is 11.3 Å². The van der Waals surface area contributed by atoms with Gasteiger partial charge in [-0.25, -0.2) is 4.98 Å². The first-order valence-corrected chi connectivity index (χ1v) is 13.8. The van der Waals surface area contributed by atoms with E-state index in [1.807, 2.05) is 73.1 Å². The summed E-state index contributed by atoms with van der Waals surface area (Å²) >= 11 is 0. The molecule has 0 saturated carbocycles. The zero-order valence-corrected chi connectivity index (χ0v) is 22.5. The van der Waals surface area contributed by atoms with Gasteiger partial charge in [-0.15, -0.1) is 0 Å². The van der Waals surface area contributed by atoms with E-state index in [0.717, 1.165) is 72.6 Å². The van der Waals surface area contributed by atoms with Crippen LogP contribution in [0.25, 0.3) is 38.9 Å². The Labute approximate surface area is 245 Å². The lowest BCUT2D eigenvalue weighted by Crippen LogP contribution is -2.32. The number of rotatable bonds is 1. The SMILES string of the molecule is N#Cc1ccc2c(c1)c1cc(C#N)ncc1n2-c1ccc2c(c1)C1(c3ccccc3O2)c2cccnc2-c2ncccc21. The van der Waals surface area contributed by atoms with E-state index in [1.54, 1.807) is 12.3 Å². The van der Waals surface area contributed by atoms with Crippen LogP contribution >= 0.6 is 0 Å². The molecule has 0 atom stereocenters. The highest BCUT2D eigenvalue weighted by Crippen LogP contribution is 2.61. The van der Waals surface area contributed by atoms with Gasteiger partial charge >= 0.3 is 0 Å². The molecule has 0 bridgehead atoms. The van der Waals surface area contributed by atoms with Crippen LogP contribution in [0.3, 0.4) is 0 Å². The van der Waals surface area contributed by atoms with Crippen molar-refractivity contribution in [1.29, 1.82) is 10.5 Å². The summed E-state index contributed by atoms with van der Waals surface area (Å²) in [5, 5.41) is 21.0. The van der Waals surface area contributed by atoms with E-state index in [1.165, 1.54) is 0 Å². The predicted octanol–water partition coefficient (Wildman–Crippen LogP) is 7.18. The standard InChI is InChI=1S/C36H18N6O/c37-18-21-9-11-30-24(15-21)25-16-22(19-38)41-20-31(25)42(30)23-10-12-33-29(17-23)36(26-5-1-2-8-32(26)43-33)27-6-3-13-39-34(27)35-28(36)7-4-14-40-35/h1-17,20H. The molecule has 1 aliphatic heterocycles. The van der Waals surface area contributed by atoms with Crippen LogP contribution < -0.4 is 4.74 Å². The Kier molecular flexibility index (Phi) is 4.55. The maximum Gasteiger partial charge on any atom is 0.141 e. The van der Waals surface area contributed by atoms with Crippen molar-refractivity contribution in [3.05, 3.63) is 143 Å². The van der Waals surface area contributed by atoms with Gasteiger partial charge in [0.15, 0.2) is 0 Å². The largest absolute Gasteiger partial charge is 0.457 e. The van der Waals surface area contributed by atoms with Gasteiger partial charge in [0.1, 0.15) is 23.3 Å². The lowest BCUT2D eigenvalue weighted by molar-refractivity contribution is 0.436. The maximum atomic E-state index is 9.64. The van der Waals surface area contributed by atoms with E-state index >= 15 is 0 Å². The average molecular weight is 551 g/mol. The van der Waals surface area contributed by atoms with Crippen molar-refractivity contribution in [3.8, 4) is 40.7 Å². The maximum absolute atomic E-state index is 9.64. The number of hydrogen-bond acceptors (Lipinski definition) is 6. The fourth-order valence-corrected chi connectivity index (χ4v) is 7.01. The minimum absolute atomic E-state index is 0.322. The van der Waals surface area contributed by atoms with Crippen molar-refractivity contribution in [2.75, 3.05) is 0 Å². The lowest BCUT2D eigenvalue weighted by atomic mass is 9.66. The lowest BCUT2D eigenvalue weighted by Gasteiger charge is -2.39. The predicted molar refractivity (Wildman–Crippen MR) is 161 cm³/mol. The highest BCUT2D eigenvalue weighted by molar-refractivity contribution is 6.09. The molecule has 0 N–H and O–H groups in total. The van der Waals surface area contributed by atoms with Gasteiger partial charge in [0.2, 0.25) is 0 Å². The van der Waals surface area contributed by atoms with Crippen LogP contribution in [0.5, 0.6) is 11.5 Å². The molecular weight excluding hydrogens is 532 g/mol. The molecule has 7 nitrogen and oxygen atoms in total. The van der Waals surface area contributed by atoms with E-state index in [2.05, 4.69) is 46.0 Å². The van der Waals surface area contributed by atoms with Crippen molar-refractivity contribution in [3.63, 3.8) is 0 Å². The minimum Gasteiger partial charge on any atom is -0.457 e. The molecule has 0 radical (unpaired) electrons. The van der Waals surface area contributed by atoms with Gasteiger partial charge in [-0.3, -0.25) is 9.97 Å². The first-order chi connectivity index (χ1) is 21.2. The molecule has 0 amide bonds. The van der Waals surface area contributed by atoms with Crippen LogP contribution in [0, 0.1) is 22.7 Å². The molecule has 9 rings (SSSR count). The van der Waals surface area contributed by atoms with Crippen LogP contribution in [0.4, 0.5) is 0 Å². The molecule has 43 heavy (non-hydrogen) atoms. The zero-order valence-electron chi connectivity index (χ0n) is 22.5. The quantitative estimate of drug-likeness (QED) is 0.215. The fourth-order valence-electron chi connectivity index (χ4n) is 7.01. The average Bonchev–Trinajstić information content (AvgIpc) is 3.55. The topological polar surface area (TPSA) is 100 Å². The summed E-state index contributed by atoms with van der Waals surface area (Å²) in [6.07, 6.45) is 5.36. The van der Waals surface area contributed by atoms with Crippen LogP contribution in [-0.4, -0.2) is 19.5 Å². The molecule has 0 unspecified atom stereocenters. The highest BCUT2D eigenvalue weighted by Gasteiger charge is 2.52. The molecule has 7 heteroatoms. The molecule has 0 saturated heterocycles. The van der Waals surface area contributed by atoms with Gasteiger partial charge in [-0.05, 0) is 71.8 Å². The summed E-state index contributed by atoms with van der Waals surface area (Å²) in [5.74, 6) is 1.55. The summed E-state index contributed by atoms with van der Waals surface area (Å²) < 4.78 is 8.70. The van der Waals surface area contributed by atoms with Crippen LogP contribution in [0.1, 0.15) is 33.5 Å². The second-order valence-electron chi connectivity index (χ2n) is 10.7. The summed E-state index contributed by atoms with van der Waals surface area (Å²) in [4.78, 5) is 14.0. The summed E-state index contributed by atoms with van der Waals surface area (Å²) in [6.45, 7) is 0. The summed E-state index contributed by atoms with van der Waals surface area (Å²) in [7, 11) is 0. The van der Waals surface area contributed by atoms with Crippen molar-refractivity contribution < 1.29 is 4.74 Å². The van der Waals surface area contributed by atoms with Crippen molar-refractivity contribution >= 4 is 21.8 Å². The third kappa shape index (κ3) is 2.92. The Morgan fingerprint density at radius 3 is 2.12 bits per heavy atom. The fraction of sp³-hybridized carbons (Fsp3) is 0.0278. The van der Waals surface area contributed by atoms with Crippen LogP contribution in [0.2, 0.25) is 0 Å². The summed E-state index contributed by atoms with van der Waals surface area (Å²) in [5.41, 5.74) is 8.67. The minimum atomic E-state index is -0.702. The number of hydrogen-bond donors (Lipinski definition) is 0. The van der Waals surface area contributed by atoms with Gasteiger partial charge in [0.25, 0.3) is 0 Å². The van der Waals surface area contributed by atoms with Crippen LogP contribution in [0.15, 0.2) is 110 Å². The normalized spacial score (nSPS) is 13.4. The number of pyridine rings is 3. The third-order valence-electron chi connectivity index (χ3n) is 8.68. The number of para-hydroxylation sites is 1. The van der Waals surface area contributed by atoms with Gasteiger partial charge in [0.05, 0.1) is 45.7 Å². The monoisotopic (exact) mass is 550 g/mol. The molecule has 1 aliphatic carbocycles. The highest BCUT2D eigenvalue weighted by atomic mass is 16.5. The number of aromatic nitrogens is 4.